The molecule has 2 nitrogen and oxygen atoms in total. The minimum atomic E-state index is -0.268. The van der Waals surface area contributed by atoms with Crippen LogP contribution in [0.15, 0.2) is 0 Å². The Balaban J connectivity index is 2.32. The first-order valence-electron chi connectivity index (χ1n) is 4.65. The largest absolute Gasteiger partial charge is 0.391 e. The fourth-order valence-corrected chi connectivity index (χ4v) is 1.90. The Morgan fingerprint density at radius 2 is 1.82 bits per heavy atom. The Labute approximate surface area is 68.8 Å². The molecule has 0 bridgehead atoms. The zero-order valence-corrected chi connectivity index (χ0v) is 7.29. The third-order valence-electron chi connectivity index (χ3n) is 2.67. The van der Waals surface area contributed by atoms with E-state index in [0.29, 0.717) is 5.92 Å². The molecule has 0 saturated heterocycles. The number of aliphatic hydroxyl groups excluding tert-OH is 1. The third kappa shape index (κ3) is 2.46. The Hall–Kier alpha value is -0.0800. The van der Waals surface area contributed by atoms with E-state index in [9.17, 15) is 5.11 Å². The first-order chi connectivity index (χ1) is 5.22. The Morgan fingerprint density at radius 3 is 2.27 bits per heavy atom. The van der Waals surface area contributed by atoms with Gasteiger partial charge in [-0.1, -0.05) is 19.3 Å². The number of nitrogens with two attached hydrogens (primary N) is 1. The van der Waals surface area contributed by atoms with Crippen LogP contribution in [0.1, 0.15) is 39.0 Å². The molecule has 1 rings (SSSR count). The molecule has 3 N–H and O–H groups in total. The first kappa shape index (κ1) is 9.01. The predicted molar refractivity (Wildman–Crippen MR) is 46.2 cm³/mol. The Kier molecular flexibility index (Phi) is 3.34. The summed E-state index contributed by atoms with van der Waals surface area (Å²) in [5, 5.41) is 9.63. The molecular formula is C9H19NO. The predicted octanol–water partition coefficient (Wildman–Crippen LogP) is 1.27. The second-order valence-electron chi connectivity index (χ2n) is 3.75. The van der Waals surface area contributed by atoms with E-state index in [-0.39, 0.29) is 12.1 Å². The molecule has 1 fully saturated rings. The summed E-state index contributed by atoms with van der Waals surface area (Å²) in [6.45, 7) is 1.89. The lowest BCUT2D eigenvalue weighted by Gasteiger charge is -2.28. The van der Waals surface area contributed by atoms with Crippen LogP contribution in [0.4, 0.5) is 0 Å². The van der Waals surface area contributed by atoms with Gasteiger partial charge in [-0.05, 0) is 25.7 Å². The van der Waals surface area contributed by atoms with Crippen LogP contribution in [-0.4, -0.2) is 17.3 Å². The number of aliphatic hydroxyl groups is 1. The molecule has 1 aliphatic rings. The fraction of sp³-hybridized carbons (Fsp3) is 1.00. The van der Waals surface area contributed by atoms with Gasteiger partial charge in [-0.15, -0.1) is 0 Å². The molecule has 0 aliphatic heterocycles. The topological polar surface area (TPSA) is 46.2 Å². The van der Waals surface area contributed by atoms with Gasteiger partial charge in [-0.3, -0.25) is 0 Å². The highest BCUT2D eigenvalue weighted by atomic mass is 16.3. The summed E-state index contributed by atoms with van der Waals surface area (Å²) >= 11 is 0. The van der Waals surface area contributed by atoms with Crippen LogP contribution in [0.5, 0.6) is 0 Å². The normalized spacial score (nSPS) is 26.5. The van der Waals surface area contributed by atoms with Gasteiger partial charge >= 0.3 is 0 Å². The van der Waals surface area contributed by atoms with Gasteiger partial charge < -0.3 is 10.8 Å². The average Bonchev–Trinajstić information content (AvgIpc) is 2.05. The van der Waals surface area contributed by atoms with E-state index in [1.165, 1.54) is 32.1 Å². The SMILES string of the molecule is CC(N)[C@@H](O)C1CCCCC1. The standard InChI is InChI=1S/C9H19NO/c1-7(10)9(11)8-5-3-2-4-6-8/h7-9,11H,2-6,10H2,1H3/t7?,9-/m1/s1. The Bertz CT molecular complexity index is 108. The molecule has 0 spiro atoms. The van der Waals surface area contributed by atoms with Crippen molar-refractivity contribution in [3.05, 3.63) is 0 Å². The second kappa shape index (κ2) is 4.07. The fourth-order valence-electron chi connectivity index (χ4n) is 1.90. The van der Waals surface area contributed by atoms with Crippen LogP contribution in [0, 0.1) is 5.92 Å². The van der Waals surface area contributed by atoms with Gasteiger partial charge in [0.25, 0.3) is 0 Å². The summed E-state index contributed by atoms with van der Waals surface area (Å²) in [7, 11) is 0. The van der Waals surface area contributed by atoms with E-state index in [2.05, 4.69) is 0 Å². The van der Waals surface area contributed by atoms with Crippen molar-refractivity contribution in [3.8, 4) is 0 Å². The number of hydrogen-bond donors (Lipinski definition) is 2. The molecule has 2 heteroatoms. The highest BCUT2D eigenvalue weighted by Crippen LogP contribution is 2.27. The highest BCUT2D eigenvalue weighted by molar-refractivity contribution is 4.78. The molecule has 1 unspecified atom stereocenters. The van der Waals surface area contributed by atoms with Gasteiger partial charge in [0, 0.05) is 6.04 Å². The molecule has 0 aromatic heterocycles. The first-order valence-corrected chi connectivity index (χ1v) is 4.65. The zero-order valence-electron chi connectivity index (χ0n) is 7.29. The van der Waals surface area contributed by atoms with Crippen molar-refractivity contribution in [2.75, 3.05) is 0 Å². The molecule has 1 saturated carbocycles. The average molecular weight is 157 g/mol. The lowest BCUT2D eigenvalue weighted by Crippen LogP contribution is -2.38. The number of hydrogen-bond acceptors (Lipinski definition) is 2. The third-order valence-corrected chi connectivity index (χ3v) is 2.67. The van der Waals surface area contributed by atoms with E-state index in [0.717, 1.165) is 0 Å². The molecule has 0 radical (unpaired) electrons. The van der Waals surface area contributed by atoms with Crippen molar-refractivity contribution in [1.29, 1.82) is 0 Å². The van der Waals surface area contributed by atoms with Crippen molar-refractivity contribution in [2.24, 2.45) is 11.7 Å². The van der Waals surface area contributed by atoms with Crippen molar-refractivity contribution in [2.45, 2.75) is 51.2 Å². The van der Waals surface area contributed by atoms with E-state index in [1.807, 2.05) is 6.92 Å². The van der Waals surface area contributed by atoms with Gasteiger partial charge in [-0.2, -0.15) is 0 Å². The van der Waals surface area contributed by atoms with Crippen LogP contribution in [0.25, 0.3) is 0 Å². The maximum atomic E-state index is 9.63. The van der Waals surface area contributed by atoms with Crippen LogP contribution in [0.3, 0.4) is 0 Å². The lowest BCUT2D eigenvalue weighted by atomic mass is 9.83. The molecule has 11 heavy (non-hydrogen) atoms. The van der Waals surface area contributed by atoms with Crippen molar-refractivity contribution >= 4 is 0 Å². The van der Waals surface area contributed by atoms with Crippen molar-refractivity contribution in [3.63, 3.8) is 0 Å². The van der Waals surface area contributed by atoms with Crippen LogP contribution in [0.2, 0.25) is 0 Å². The molecule has 1 aliphatic carbocycles. The van der Waals surface area contributed by atoms with Crippen molar-refractivity contribution in [1.82, 2.24) is 0 Å². The molecule has 0 aromatic rings. The molecule has 66 valence electrons. The monoisotopic (exact) mass is 157 g/mol. The minimum Gasteiger partial charge on any atom is -0.391 e. The Morgan fingerprint density at radius 1 is 1.27 bits per heavy atom. The van der Waals surface area contributed by atoms with E-state index >= 15 is 0 Å². The van der Waals surface area contributed by atoms with Gasteiger partial charge in [0.05, 0.1) is 6.10 Å². The maximum absolute atomic E-state index is 9.63. The van der Waals surface area contributed by atoms with Gasteiger partial charge in [-0.25, -0.2) is 0 Å². The molecule has 0 amide bonds. The summed E-state index contributed by atoms with van der Waals surface area (Å²) < 4.78 is 0. The minimum absolute atomic E-state index is 0.0573. The maximum Gasteiger partial charge on any atom is 0.0716 e. The van der Waals surface area contributed by atoms with Crippen LogP contribution < -0.4 is 5.73 Å². The quantitative estimate of drug-likeness (QED) is 0.634. The molecular weight excluding hydrogens is 138 g/mol. The van der Waals surface area contributed by atoms with Crippen LogP contribution in [-0.2, 0) is 0 Å². The van der Waals surface area contributed by atoms with Gasteiger partial charge in [0.2, 0.25) is 0 Å². The summed E-state index contributed by atoms with van der Waals surface area (Å²) in [6.07, 6.45) is 5.95. The van der Waals surface area contributed by atoms with Gasteiger partial charge in [0.15, 0.2) is 0 Å². The van der Waals surface area contributed by atoms with Gasteiger partial charge in [0.1, 0.15) is 0 Å². The van der Waals surface area contributed by atoms with E-state index in [4.69, 9.17) is 5.73 Å². The zero-order chi connectivity index (χ0) is 8.27. The summed E-state index contributed by atoms with van der Waals surface area (Å²) in [5.74, 6) is 0.476. The number of rotatable bonds is 2. The summed E-state index contributed by atoms with van der Waals surface area (Å²) in [5.41, 5.74) is 5.62. The second-order valence-corrected chi connectivity index (χ2v) is 3.75. The van der Waals surface area contributed by atoms with Crippen LogP contribution >= 0.6 is 0 Å². The highest BCUT2D eigenvalue weighted by Gasteiger charge is 2.23. The molecule has 0 heterocycles. The smallest absolute Gasteiger partial charge is 0.0716 e. The lowest BCUT2D eigenvalue weighted by molar-refractivity contribution is 0.0670. The summed E-state index contributed by atoms with van der Waals surface area (Å²) in [6, 6.07) is -0.0573. The van der Waals surface area contributed by atoms with E-state index < -0.39 is 0 Å². The molecule has 2 atom stereocenters. The molecule has 0 aromatic carbocycles. The van der Waals surface area contributed by atoms with Crippen molar-refractivity contribution < 1.29 is 5.11 Å². The summed E-state index contributed by atoms with van der Waals surface area (Å²) in [4.78, 5) is 0. The van der Waals surface area contributed by atoms with E-state index in [1.54, 1.807) is 0 Å².